The van der Waals surface area contributed by atoms with E-state index in [1.54, 1.807) is 6.20 Å². The Hall–Kier alpha value is -3.25. The molecule has 2 rings (SSSR count). The van der Waals surface area contributed by atoms with Crippen LogP contribution < -0.4 is 27.8 Å². The molecule has 0 bridgehead atoms. The number of carboxylic acids is 1. The Labute approximate surface area is 190 Å². The number of nitrogens with two attached hydrogens (primary N) is 3. The van der Waals surface area contributed by atoms with E-state index < -0.39 is 35.9 Å². The van der Waals surface area contributed by atoms with Gasteiger partial charge in [-0.3, -0.25) is 14.6 Å². The first-order chi connectivity index (χ1) is 15.2. The zero-order valence-corrected chi connectivity index (χ0v) is 18.3. The molecule has 12 heteroatoms. The summed E-state index contributed by atoms with van der Waals surface area (Å²) in [6.45, 7) is 0.327. The molecule has 0 aliphatic rings. The maximum absolute atomic E-state index is 12.6. The lowest BCUT2D eigenvalue weighted by Crippen LogP contribution is -2.55. The van der Waals surface area contributed by atoms with Gasteiger partial charge in [0.05, 0.1) is 6.04 Å². The quantitative estimate of drug-likeness (QED) is 0.0859. The van der Waals surface area contributed by atoms with E-state index in [9.17, 15) is 19.5 Å². The molecular weight excluding hydrogens is 434 g/mol. The van der Waals surface area contributed by atoms with Crippen molar-refractivity contribution < 1.29 is 19.5 Å². The number of hydrogen-bond donors (Lipinski definition) is 8. The second-order valence-corrected chi connectivity index (χ2v) is 7.63. The summed E-state index contributed by atoms with van der Waals surface area (Å²) < 4.78 is 0. The highest BCUT2D eigenvalue weighted by molar-refractivity contribution is 7.80. The molecule has 174 valence electrons. The number of fused-ring (bicyclic) bond motifs is 1. The summed E-state index contributed by atoms with van der Waals surface area (Å²) >= 11 is 4.10. The maximum atomic E-state index is 12.6. The molecule has 2 amide bonds. The van der Waals surface area contributed by atoms with Crippen LogP contribution >= 0.6 is 12.6 Å². The van der Waals surface area contributed by atoms with Crippen LogP contribution in [0.3, 0.4) is 0 Å². The number of H-pyrrole nitrogens is 1. The number of hydrogen-bond acceptors (Lipinski definition) is 6. The van der Waals surface area contributed by atoms with Gasteiger partial charge in [-0.25, -0.2) is 4.79 Å². The van der Waals surface area contributed by atoms with Crippen molar-refractivity contribution in [1.82, 2.24) is 15.6 Å². The second kappa shape index (κ2) is 12.0. The van der Waals surface area contributed by atoms with E-state index in [-0.39, 0.29) is 18.1 Å². The van der Waals surface area contributed by atoms with Crippen LogP contribution in [-0.2, 0) is 20.8 Å². The highest BCUT2D eigenvalue weighted by atomic mass is 32.1. The predicted molar refractivity (Wildman–Crippen MR) is 125 cm³/mol. The summed E-state index contributed by atoms with van der Waals surface area (Å²) in [5.41, 5.74) is 17.9. The molecule has 10 N–H and O–H groups in total. The molecule has 0 radical (unpaired) electrons. The van der Waals surface area contributed by atoms with Gasteiger partial charge in [-0.2, -0.15) is 12.6 Å². The minimum Gasteiger partial charge on any atom is -0.480 e. The van der Waals surface area contributed by atoms with Gasteiger partial charge in [0.1, 0.15) is 12.1 Å². The number of aromatic amines is 1. The molecule has 0 spiro atoms. The Morgan fingerprint density at radius 1 is 1.12 bits per heavy atom. The Morgan fingerprint density at radius 3 is 2.47 bits per heavy atom. The number of nitrogens with one attached hydrogen (secondary N) is 3. The minimum absolute atomic E-state index is 0.0300. The fraction of sp³-hybridized carbons (Fsp3) is 0.400. The summed E-state index contributed by atoms with van der Waals surface area (Å²) in [6, 6.07) is 4.36. The molecule has 1 heterocycles. The van der Waals surface area contributed by atoms with Crippen molar-refractivity contribution in [2.24, 2.45) is 22.2 Å². The number of aliphatic imine (C=N–C) groups is 1. The number of nitrogens with zero attached hydrogens (tertiary/aromatic N) is 1. The number of para-hydroxylation sites is 1. The highest BCUT2D eigenvalue weighted by Gasteiger charge is 2.27. The third-order valence-electron chi connectivity index (χ3n) is 4.83. The van der Waals surface area contributed by atoms with Crippen LogP contribution in [0.4, 0.5) is 0 Å². The van der Waals surface area contributed by atoms with Crippen LogP contribution in [0.25, 0.3) is 10.9 Å². The van der Waals surface area contributed by atoms with Crippen molar-refractivity contribution in [1.29, 1.82) is 0 Å². The van der Waals surface area contributed by atoms with E-state index in [4.69, 9.17) is 17.2 Å². The minimum atomic E-state index is -1.19. The van der Waals surface area contributed by atoms with Crippen molar-refractivity contribution in [3.05, 3.63) is 36.0 Å². The largest absolute Gasteiger partial charge is 0.480 e. The average Bonchev–Trinajstić information content (AvgIpc) is 3.16. The van der Waals surface area contributed by atoms with E-state index in [1.165, 1.54) is 0 Å². The molecule has 0 aliphatic heterocycles. The molecule has 1 aromatic heterocycles. The summed E-state index contributed by atoms with van der Waals surface area (Å²) in [7, 11) is 0. The lowest BCUT2D eigenvalue weighted by Gasteiger charge is -2.21. The van der Waals surface area contributed by atoms with Gasteiger partial charge >= 0.3 is 5.97 Å². The Kier molecular flexibility index (Phi) is 9.35. The van der Waals surface area contributed by atoms with Gasteiger partial charge in [0.2, 0.25) is 11.8 Å². The fourth-order valence-electron chi connectivity index (χ4n) is 3.12. The number of guanidine groups is 1. The Balaban J connectivity index is 1.96. The smallest absolute Gasteiger partial charge is 0.326 e. The fourth-order valence-corrected chi connectivity index (χ4v) is 3.37. The monoisotopic (exact) mass is 463 g/mol. The topological polar surface area (TPSA) is 202 Å². The Bertz CT molecular complexity index is 974. The molecular formula is C20H29N7O4S. The van der Waals surface area contributed by atoms with Crippen molar-refractivity contribution in [2.75, 3.05) is 12.3 Å². The summed E-state index contributed by atoms with van der Waals surface area (Å²) in [5.74, 6) is -2.47. The molecule has 0 saturated heterocycles. The van der Waals surface area contributed by atoms with Crippen molar-refractivity contribution in [2.45, 2.75) is 37.4 Å². The number of aliphatic carboxylic acids is 1. The first-order valence-corrected chi connectivity index (χ1v) is 10.7. The number of benzene rings is 1. The number of carbonyl (C=O) groups is 3. The third-order valence-corrected chi connectivity index (χ3v) is 5.20. The van der Waals surface area contributed by atoms with Gasteiger partial charge in [-0.15, -0.1) is 0 Å². The first kappa shape index (κ1) is 25.0. The van der Waals surface area contributed by atoms with Crippen LogP contribution in [0, 0.1) is 0 Å². The SMILES string of the molecule is NC(N)=NCCC[C@H](N)C(=O)N[C@@H](CS)C(=O)N[C@@H](Cc1c[nH]c2ccccc12)C(=O)O. The summed E-state index contributed by atoms with van der Waals surface area (Å²) in [5, 5.41) is 15.5. The van der Waals surface area contributed by atoms with Gasteiger partial charge in [0, 0.05) is 35.8 Å². The van der Waals surface area contributed by atoms with Gasteiger partial charge in [-0.1, -0.05) is 18.2 Å². The Morgan fingerprint density at radius 2 is 1.81 bits per heavy atom. The predicted octanol–water partition coefficient (Wildman–Crippen LogP) is -0.925. The zero-order valence-electron chi connectivity index (χ0n) is 17.5. The van der Waals surface area contributed by atoms with Crippen LogP contribution in [0.2, 0.25) is 0 Å². The summed E-state index contributed by atoms with van der Waals surface area (Å²) in [6.07, 6.45) is 2.58. The zero-order chi connectivity index (χ0) is 23.7. The number of carboxylic acid groups (broad SMARTS) is 1. The number of amides is 2. The van der Waals surface area contributed by atoms with E-state index in [0.29, 0.717) is 19.4 Å². The van der Waals surface area contributed by atoms with Crippen LogP contribution in [-0.4, -0.2) is 64.3 Å². The van der Waals surface area contributed by atoms with E-state index >= 15 is 0 Å². The van der Waals surface area contributed by atoms with Crippen molar-refractivity contribution in [3.63, 3.8) is 0 Å². The first-order valence-electron chi connectivity index (χ1n) is 10.0. The molecule has 2 aromatic rings. The molecule has 32 heavy (non-hydrogen) atoms. The molecule has 0 saturated carbocycles. The van der Waals surface area contributed by atoms with E-state index in [1.807, 2.05) is 24.3 Å². The number of rotatable bonds is 12. The highest BCUT2D eigenvalue weighted by Crippen LogP contribution is 2.19. The van der Waals surface area contributed by atoms with E-state index in [0.717, 1.165) is 16.5 Å². The normalized spacial score (nSPS) is 13.7. The number of aromatic nitrogens is 1. The van der Waals surface area contributed by atoms with Crippen LogP contribution in [0.15, 0.2) is 35.5 Å². The van der Waals surface area contributed by atoms with Crippen LogP contribution in [0.1, 0.15) is 18.4 Å². The average molecular weight is 464 g/mol. The van der Waals surface area contributed by atoms with Gasteiger partial charge < -0.3 is 37.9 Å². The van der Waals surface area contributed by atoms with E-state index in [2.05, 4.69) is 33.2 Å². The van der Waals surface area contributed by atoms with Crippen molar-refractivity contribution >= 4 is 47.3 Å². The summed E-state index contributed by atoms with van der Waals surface area (Å²) in [4.78, 5) is 43.6. The van der Waals surface area contributed by atoms with Gasteiger partial charge in [0.15, 0.2) is 5.96 Å². The second-order valence-electron chi connectivity index (χ2n) is 7.26. The molecule has 0 unspecified atom stereocenters. The van der Waals surface area contributed by atoms with Gasteiger partial charge in [-0.05, 0) is 24.5 Å². The molecule has 11 nitrogen and oxygen atoms in total. The van der Waals surface area contributed by atoms with Crippen molar-refractivity contribution in [3.8, 4) is 0 Å². The third kappa shape index (κ3) is 7.17. The number of carbonyl (C=O) groups excluding carboxylic acids is 2. The van der Waals surface area contributed by atoms with Gasteiger partial charge in [0.25, 0.3) is 0 Å². The lowest BCUT2D eigenvalue weighted by atomic mass is 10.0. The lowest BCUT2D eigenvalue weighted by molar-refractivity contribution is -0.142. The molecule has 0 aliphatic carbocycles. The maximum Gasteiger partial charge on any atom is 0.326 e. The number of thiol groups is 1. The molecule has 3 atom stereocenters. The molecule has 1 aromatic carbocycles. The standard InChI is InChI=1S/C20H29N7O4S/c21-13(5-3-7-24-20(22)23)17(28)27-16(10-32)18(29)26-15(19(30)31)8-11-9-25-14-6-2-1-4-12(11)14/h1-2,4,6,9,13,15-16,25,32H,3,5,7-8,10,21H2,(H,26,29)(H,27,28)(H,30,31)(H4,22,23,24)/t13-,15-,16-/m0/s1. The van der Waals surface area contributed by atoms with Crippen LogP contribution in [0.5, 0.6) is 0 Å². The molecule has 0 fully saturated rings.